The van der Waals surface area contributed by atoms with Gasteiger partial charge in [-0.2, -0.15) is 0 Å². The first-order chi connectivity index (χ1) is 6.52. The predicted molar refractivity (Wildman–Crippen MR) is 50.2 cm³/mol. The lowest BCUT2D eigenvalue weighted by atomic mass is 9.97. The van der Waals surface area contributed by atoms with Crippen molar-refractivity contribution in [3.8, 4) is 0 Å². The lowest BCUT2D eigenvalue weighted by Gasteiger charge is -2.39. The Kier molecular flexibility index (Phi) is 2.09. The summed E-state index contributed by atoms with van der Waals surface area (Å²) in [5, 5.41) is 2.98. The van der Waals surface area contributed by atoms with E-state index >= 15 is 0 Å². The molecule has 3 N–H and O–H groups in total. The number of sulfonamides is 1. The molecule has 0 aliphatic carbocycles. The van der Waals surface area contributed by atoms with E-state index in [1.807, 2.05) is 6.92 Å². The van der Waals surface area contributed by atoms with E-state index in [1.165, 1.54) is 12.4 Å². The molecule has 1 aromatic rings. The highest BCUT2D eigenvalue weighted by atomic mass is 32.2. The summed E-state index contributed by atoms with van der Waals surface area (Å²) >= 11 is 0. The van der Waals surface area contributed by atoms with Crippen molar-refractivity contribution in [2.45, 2.75) is 17.6 Å². The fourth-order valence-electron chi connectivity index (χ4n) is 1.34. The van der Waals surface area contributed by atoms with Crippen LogP contribution in [0.15, 0.2) is 17.6 Å². The first-order valence-corrected chi connectivity index (χ1v) is 5.74. The maximum absolute atomic E-state index is 11.7. The van der Waals surface area contributed by atoms with Crippen LogP contribution in [0.3, 0.4) is 0 Å². The van der Waals surface area contributed by atoms with Gasteiger partial charge >= 0.3 is 0 Å². The van der Waals surface area contributed by atoms with Crippen LogP contribution in [-0.4, -0.2) is 37.0 Å². The molecule has 78 valence electrons. The molecule has 1 saturated heterocycles. The molecule has 0 spiro atoms. The maximum Gasteiger partial charge on any atom is 0.274 e. The highest BCUT2D eigenvalue weighted by molar-refractivity contribution is 7.89. The SMILES string of the molecule is CC1(NS(=O)(=O)c2ncc[nH]2)CNC1. The van der Waals surface area contributed by atoms with E-state index in [9.17, 15) is 8.42 Å². The topological polar surface area (TPSA) is 86.9 Å². The van der Waals surface area contributed by atoms with E-state index in [1.54, 1.807) is 0 Å². The second-order valence-corrected chi connectivity index (χ2v) is 5.26. The highest BCUT2D eigenvalue weighted by Crippen LogP contribution is 2.13. The van der Waals surface area contributed by atoms with E-state index in [0.717, 1.165) is 0 Å². The van der Waals surface area contributed by atoms with Gasteiger partial charge < -0.3 is 10.3 Å². The summed E-state index contributed by atoms with van der Waals surface area (Å²) < 4.78 is 25.9. The number of nitrogens with one attached hydrogen (secondary N) is 3. The van der Waals surface area contributed by atoms with Crippen molar-refractivity contribution in [3.05, 3.63) is 12.4 Å². The summed E-state index contributed by atoms with van der Waals surface area (Å²) in [5.74, 6) is 0. The average molecular weight is 216 g/mol. The Morgan fingerprint density at radius 1 is 1.57 bits per heavy atom. The molecule has 1 aliphatic rings. The van der Waals surface area contributed by atoms with Crippen LogP contribution in [0.5, 0.6) is 0 Å². The van der Waals surface area contributed by atoms with Crippen molar-refractivity contribution in [2.75, 3.05) is 13.1 Å². The molecule has 1 fully saturated rings. The summed E-state index contributed by atoms with van der Waals surface area (Å²) in [6, 6.07) is 0. The molecule has 0 bridgehead atoms. The van der Waals surface area contributed by atoms with Crippen LogP contribution in [-0.2, 0) is 10.0 Å². The minimum Gasteiger partial charge on any atom is -0.334 e. The van der Waals surface area contributed by atoms with Gasteiger partial charge in [-0.3, -0.25) is 0 Å². The number of H-pyrrole nitrogens is 1. The largest absolute Gasteiger partial charge is 0.334 e. The zero-order valence-electron chi connectivity index (χ0n) is 7.74. The molecule has 0 atom stereocenters. The summed E-state index contributed by atoms with van der Waals surface area (Å²) in [4.78, 5) is 6.27. The van der Waals surface area contributed by atoms with Gasteiger partial charge in [0.25, 0.3) is 10.0 Å². The summed E-state index contributed by atoms with van der Waals surface area (Å²) in [6.07, 6.45) is 2.89. The summed E-state index contributed by atoms with van der Waals surface area (Å²) in [5.41, 5.74) is -0.383. The lowest BCUT2D eigenvalue weighted by molar-refractivity contribution is 0.278. The number of nitrogens with zero attached hydrogens (tertiary/aromatic N) is 1. The Hall–Kier alpha value is -0.920. The number of aromatic amines is 1. The van der Waals surface area contributed by atoms with E-state index < -0.39 is 10.0 Å². The summed E-state index contributed by atoms with van der Waals surface area (Å²) in [6.45, 7) is 3.14. The van der Waals surface area contributed by atoms with Gasteiger partial charge in [-0.25, -0.2) is 18.1 Å². The average Bonchev–Trinajstić information content (AvgIpc) is 2.52. The summed E-state index contributed by atoms with van der Waals surface area (Å²) in [7, 11) is -3.49. The Morgan fingerprint density at radius 3 is 2.71 bits per heavy atom. The van der Waals surface area contributed by atoms with Crippen LogP contribution in [0, 0.1) is 0 Å². The van der Waals surface area contributed by atoms with Crippen LogP contribution in [0.1, 0.15) is 6.92 Å². The minimum atomic E-state index is -3.49. The number of aromatic nitrogens is 2. The molecule has 0 radical (unpaired) electrons. The van der Waals surface area contributed by atoms with Crippen LogP contribution >= 0.6 is 0 Å². The van der Waals surface area contributed by atoms with Gasteiger partial charge in [-0.15, -0.1) is 0 Å². The van der Waals surface area contributed by atoms with Crippen LogP contribution in [0.25, 0.3) is 0 Å². The Balaban J connectivity index is 2.18. The Morgan fingerprint density at radius 2 is 2.29 bits per heavy atom. The number of imidazole rings is 1. The fraction of sp³-hybridized carbons (Fsp3) is 0.571. The number of hydrogen-bond donors (Lipinski definition) is 3. The molecule has 0 aromatic carbocycles. The molecule has 1 aromatic heterocycles. The zero-order valence-corrected chi connectivity index (χ0v) is 8.56. The normalized spacial score (nSPS) is 20.4. The van der Waals surface area contributed by atoms with Gasteiger partial charge in [0.1, 0.15) is 0 Å². The van der Waals surface area contributed by atoms with Gasteiger partial charge in [0.05, 0.1) is 5.54 Å². The molecule has 0 unspecified atom stereocenters. The molecular weight excluding hydrogens is 204 g/mol. The number of rotatable bonds is 3. The Bertz CT molecular complexity index is 407. The van der Waals surface area contributed by atoms with E-state index in [4.69, 9.17) is 0 Å². The van der Waals surface area contributed by atoms with Gasteiger partial charge in [-0.1, -0.05) is 0 Å². The van der Waals surface area contributed by atoms with Gasteiger partial charge in [0.15, 0.2) is 0 Å². The van der Waals surface area contributed by atoms with Crippen LogP contribution < -0.4 is 10.0 Å². The molecule has 0 amide bonds. The van der Waals surface area contributed by atoms with E-state index in [0.29, 0.717) is 13.1 Å². The van der Waals surface area contributed by atoms with Crippen LogP contribution in [0.4, 0.5) is 0 Å². The van der Waals surface area contributed by atoms with Gasteiger partial charge in [0, 0.05) is 25.5 Å². The predicted octanol–water partition coefficient (Wildman–Crippen LogP) is -0.950. The standard InChI is InChI=1S/C7H12N4O2S/c1-7(4-8-5-7)11-14(12,13)6-9-2-3-10-6/h2-3,8,11H,4-5H2,1H3,(H,9,10). The Labute approximate surface area is 82.2 Å². The third-order valence-electron chi connectivity index (χ3n) is 2.14. The molecule has 6 nitrogen and oxygen atoms in total. The zero-order chi connectivity index (χ0) is 10.2. The molecule has 2 rings (SSSR count). The smallest absolute Gasteiger partial charge is 0.274 e. The van der Waals surface area contributed by atoms with Gasteiger partial charge in [0.2, 0.25) is 5.16 Å². The van der Waals surface area contributed by atoms with Crippen molar-refractivity contribution < 1.29 is 8.42 Å². The third kappa shape index (κ3) is 1.66. The maximum atomic E-state index is 11.7. The first-order valence-electron chi connectivity index (χ1n) is 4.26. The minimum absolute atomic E-state index is 0.0365. The second-order valence-electron chi connectivity index (χ2n) is 3.66. The molecule has 1 aliphatic heterocycles. The molecule has 2 heterocycles. The lowest BCUT2D eigenvalue weighted by Crippen LogP contribution is -2.66. The fourth-order valence-corrected chi connectivity index (χ4v) is 2.66. The van der Waals surface area contributed by atoms with Crippen LogP contribution in [0.2, 0.25) is 0 Å². The van der Waals surface area contributed by atoms with Crippen molar-refractivity contribution >= 4 is 10.0 Å². The quantitative estimate of drug-likeness (QED) is 0.608. The van der Waals surface area contributed by atoms with Crippen molar-refractivity contribution in [1.82, 2.24) is 20.0 Å². The molecule has 7 heteroatoms. The molecule has 0 saturated carbocycles. The second kappa shape index (κ2) is 3.04. The third-order valence-corrected chi connectivity index (χ3v) is 3.63. The van der Waals surface area contributed by atoms with Crippen molar-refractivity contribution in [3.63, 3.8) is 0 Å². The van der Waals surface area contributed by atoms with E-state index in [2.05, 4.69) is 20.0 Å². The molecule has 14 heavy (non-hydrogen) atoms. The van der Waals surface area contributed by atoms with E-state index in [-0.39, 0.29) is 10.7 Å². The molecular formula is C7H12N4O2S. The first kappa shape index (κ1) is 9.63. The number of hydrogen-bond acceptors (Lipinski definition) is 4. The monoisotopic (exact) mass is 216 g/mol. The van der Waals surface area contributed by atoms with Crippen molar-refractivity contribution in [2.24, 2.45) is 0 Å². The van der Waals surface area contributed by atoms with Gasteiger partial charge in [-0.05, 0) is 6.92 Å². The highest BCUT2D eigenvalue weighted by Gasteiger charge is 2.36. The van der Waals surface area contributed by atoms with Crippen molar-refractivity contribution in [1.29, 1.82) is 0 Å².